The third-order valence-electron chi connectivity index (χ3n) is 0.515. The van der Waals surface area contributed by atoms with Crippen LogP contribution in [0.5, 0.6) is 0 Å². The van der Waals surface area contributed by atoms with E-state index < -0.39 is 0 Å². The number of rotatable bonds is 3. The molecule has 0 aromatic carbocycles. The number of nitrogens with zero attached hydrogens (tertiary/aromatic N) is 1. The average Bonchev–Trinajstić information content (AvgIpc) is 1.69. The van der Waals surface area contributed by atoms with E-state index in [1.807, 2.05) is 0 Å². The van der Waals surface area contributed by atoms with Crippen LogP contribution in [-0.2, 0) is 0 Å². The van der Waals surface area contributed by atoms with Crippen LogP contribution in [0.1, 0.15) is 13.3 Å². The molecule has 0 amide bonds. The molecule has 2 heteroatoms. The topological polar surface area (TPSA) is 23.8 Å². The Morgan fingerprint density at radius 3 is 2.86 bits per heavy atom. The Hall–Kier alpha value is -0.160. The summed E-state index contributed by atoms with van der Waals surface area (Å²) in [6.45, 7) is 2.12. The average molecular weight is 115 g/mol. The highest BCUT2D eigenvalue weighted by Gasteiger charge is 1.79. The molecular formula is C5H9NS. The van der Waals surface area contributed by atoms with Crippen molar-refractivity contribution < 1.29 is 0 Å². The summed E-state index contributed by atoms with van der Waals surface area (Å²) in [5, 5.41) is 8.02. The zero-order valence-electron chi connectivity index (χ0n) is 4.48. The first-order valence-corrected chi connectivity index (χ1v) is 3.52. The predicted molar refractivity (Wildman–Crippen MR) is 33.2 cm³/mol. The van der Waals surface area contributed by atoms with Gasteiger partial charge in [0.1, 0.15) is 0 Å². The monoisotopic (exact) mass is 115 g/mol. The smallest absolute Gasteiger partial charge is 0.0808 e. The lowest BCUT2D eigenvalue weighted by atomic mass is 10.6. The van der Waals surface area contributed by atoms with Gasteiger partial charge in [-0.25, -0.2) is 0 Å². The summed E-state index contributed by atoms with van der Waals surface area (Å²) in [4.78, 5) is 0. The zero-order chi connectivity index (χ0) is 5.54. The van der Waals surface area contributed by atoms with Gasteiger partial charge in [-0.05, 0) is 12.2 Å². The molecule has 0 aliphatic carbocycles. The van der Waals surface area contributed by atoms with Crippen LogP contribution in [0.25, 0.3) is 0 Å². The van der Waals surface area contributed by atoms with E-state index in [4.69, 9.17) is 5.26 Å². The fraction of sp³-hybridized carbons (Fsp3) is 0.800. The Morgan fingerprint density at radius 1 is 1.71 bits per heavy atom. The van der Waals surface area contributed by atoms with E-state index >= 15 is 0 Å². The van der Waals surface area contributed by atoms with Crippen LogP contribution in [0, 0.1) is 11.3 Å². The van der Waals surface area contributed by atoms with Gasteiger partial charge >= 0.3 is 0 Å². The first kappa shape index (κ1) is 6.84. The van der Waals surface area contributed by atoms with Crippen LogP contribution >= 0.6 is 11.8 Å². The molecule has 0 heterocycles. The van der Waals surface area contributed by atoms with Crippen LogP contribution in [-0.4, -0.2) is 11.5 Å². The van der Waals surface area contributed by atoms with E-state index in [1.165, 1.54) is 6.42 Å². The van der Waals surface area contributed by atoms with Crippen molar-refractivity contribution >= 4 is 11.8 Å². The Kier molecular flexibility index (Phi) is 5.71. The molecule has 0 N–H and O–H groups in total. The summed E-state index contributed by atoms with van der Waals surface area (Å²) in [7, 11) is 0. The SMILES string of the molecule is CCCSCC#N. The predicted octanol–water partition coefficient (Wildman–Crippen LogP) is 1.65. The molecule has 7 heavy (non-hydrogen) atoms. The Bertz CT molecular complexity index is 65.0. The van der Waals surface area contributed by atoms with Crippen molar-refractivity contribution in [1.29, 1.82) is 5.26 Å². The van der Waals surface area contributed by atoms with Crippen molar-refractivity contribution in [2.75, 3.05) is 11.5 Å². The van der Waals surface area contributed by atoms with Gasteiger partial charge in [0.15, 0.2) is 0 Å². The number of hydrogen-bond acceptors (Lipinski definition) is 2. The van der Waals surface area contributed by atoms with Gasteiger partial charge < -0.3 is 0 Å². The van der Waals surface area contributed by atoms with Crippen molar-refractivity contribution in [2.45, 2.75) is 13.3 Å². The molecule has 40 valence electrons. The van der Waals surface area contributed by atoms with Crippen LogP contribution in [0.2, 0.25) is 0 Å². The Morgan fingerprint density at radius 2 is 2.43 bits per heavy atom. The molecule has 0 saturated carbocycles. The summed E-state index contributed by atoms with van der Waals surface area (Å²) < 4.78 is 0. The summed E-state index contributed by atoms with van der Waals surface area (Å²) in [5.74, 6) is 1.77. The minimum Gasteiger partial charge on any atom is -0.197 e. The third kappa shape index (κ3) is 5.84. The van der Waals surface area contributed by atoms with E-state index in [0.717, 1.165) is 5.75 Å². The zero-order valence-corrected chi connectivity index (χ0v) is 5.29. The first-order valence-electron chi connectivity index (χ1n) is 2.36. The highest BCUT2D eigenvalue weighted by atomic mass is 32.2. The molecule has 1 nitrogen and oxygen atoms in total. The fourth-order valence-corrected chi connectivity index (χ4v) is 0.786. The lowest BCUT2D eigenvalue weighted by molar-refractivity contribution is 1.11. The molecule has 0 rings (SSSR count). The Labute approximate surface area is 48.7 Å². The van der Waals surface area contributed by atoms with Crippen molar-refractivity contribution in [1.82, 2.24) is 0 Å². The number of nitriles is 1. The van der Waals surface area contributed by atoms with Crippen LogP contribution in [0.15, 0.2) is 0 Å². The van der Waals surface area contributed by atoms with Gasteiger partial charge in [-0.3, -0.25) is 0 Å². The second-order valence-corrected chi connectivity index (χ2v) is 2.32. The Balaban J connectivity index is 2.60. The number of thioether (sulfide) groups is 1. The van der Waals surface area contributed by atoms with Gasteiger partial charge in [-0.2, -0.15) is 5.26 Å². The van der Waals surface area contributed by atoms with E-state index in [1.54, 1.807) is 11.8 Å². The first-order chi connectivity index (χ1) is 3.41. The highest BCUT2D eigenvalue weighted by molar-refractivity contribution is 7.99. The summed E-state index contributed by atoms with van der Waals surface area (Å²) >= 11 is 1.69. The van der Waals surface area contributed by atoms with Gasteiger partial charge in [0, 0.05) is 0 Å². The van der Waals surface area contributed by atoms with E-state index in [0.29, 0.717) is 5.75 Å². The maximum absolute atomic E-state index is 8.02. The van der Waals surface area contributed by atoms with Gasteiger partial charge in [-0.1, -0.05) is 6.92 Å². The summed E-state index contributed by atoms with van der Waals surface area (Å²) in [6.07, 6.45) is 1.17. The van der Waals surface area contributed by atoms with Gasteiger partial charge in [0.05, 0.1) is 11.8 Å². The lowest BCUT2D eigenvalue weighted by Crippen LogP contribution is -1.74. The molecule has 0 aliphatic rings. The number of hydrogen-bond donors (Lipinski definition) is 0. The quantitative estimate of drug-likeness (QED) is 0.522. The third-order valence-corrected chi connectivity index (χ3v) is 1.55. The van der Waals surface area contributed by atoms with Crippen molar-refractivity contribution in [3.05, 3.63) is 0 Å². The van der Waals surface area contributed by atoms with Crippen molar-refractivity contribution in [2.24, 2.45) is 0 Å². The van der Waals surface area contributed by atoms with Crippen molar-refractivity contribution in [3.8, 4) is 6.07 Å². The van der Waals surface area contributed by atoms with Crippen molar-refractivity contribution in [3.63, 3.8) is 0 Å². The molecular weight excluding hydrogens is 106 g/mol. The second kappa shape index (κ2) is 5.84. The van der Waals surface area contributed by atoms with Crippen LogP contribution in [0.3, 0.4) is 0 Å². The maximum atomic E-state index is 8.02. The normalized spacial score (nSPS) is 8.00. The highest BCUT2D eigenvalue weighted by Crippen LogP contribution is 1.98. The molecule has 0 radical (unpaired) electrons. The molecule has 0 saturated heterocycles. The lowest BCUT2D eigenvalue weighted by Gasteiger charge is -1.85. The summed E-state index contributed by atoms with van der Waals surface area (Å²) in [5.41, 5.74) is 0. The second-order valence-electron chi connectivity index (χ2n) is 1.21. The van der Waals surface area contributed by atoms with Gasteiger partial charge in [0.25, 0.3) is 0 Å². The molecule has 0 bridgehead atoms. The summed E-state index contributed by atoms with van der Waals surface area (Å²) in [6, 6.07) is 2.07. The van der Waals surface area contributed by atoms with Gasteiger partial charge in [-0.15, -0.1) is 11.8 Å². The largest absolute Gasteiger partial charge is 0.197 e. The van der Waals surface area contributed by atoms with E-state index in [9.17, 15) is 0 Å². The molecule has 0 fully saturated rings. The fourth-order valence-electron chi connectivity index (χ4n) is 0.262. The standard InChI is InChI=1S/C5H9NS/c1-2-4-7-5-3-6/h2,4-5H2,1H3. The molecule has 0 aromatic rings. The van der Waals surface area contributed by atoms with Gasteiger partial charge in [0.2, 0.25) is 0 Å². The molecule has 0 atom stereocenters. The molecule has 0 unspecified atom stereocenters. The molecule has 0 aliphatic heterocycles. The minimum absolute atomic E-state index is 0.647. The van der Waals surface area contributed by atoms with Crippen LogP contribution in [0.4, 0.5) is 0 Å². The molecule has 0 aromatic heterocycles. The van der Waals surface area contributed by atoms with E-state index in [-0.39, 0.29) is 0 Å². The van der Waals surface area contributed by atoms with Crippen LogP contribution < -0.4 is 0 Å². The molecule has 0 spiro atoms. The maximum Gasteiger partial charge on any atom is 0.0808 e. The minimum atomic E-state index is 0.647. The van der Waals surface area contributed by atoms with E-state index in [2.05, 4.69) is 13.0 Å².